The Morgan fingerprint density at radius 1 is 1.53 bits per heavy atom. The fraction of sp³-hybridized carbons (Fsp3) is 0.250. The summed E-state index contributed by atoms with van der Waals surface area (Å²) in [6.45, 7) is 2.64. The standard InChI is InChI=1S/C12H15BrFN5/c1-2-19-12(9(13)6-17-19)11(18-16)8-5-7(14)3-4-10(8)15/h3-6,11,18H,2,15-16H2,1H3. The van der Waals surface area contributed by atoms with Crippen LogP contribution in [0.2, 0.25) is 0 Å². The van der Waals surface area contributed by atoms with Gasteiger partial charge in [0, 0.05) is 17.8 Å². The molecule has 1 heterocycles. The van der Waals surface area contributed by atoms with Crippen LogP contribution in [0.5, 0.6) is 0 Å². The highest BCUT2D eigenvalue weighted by Crippen LogP contribution is 2.31. The van der Waals surface area contributed by atoms with E-state index in [1.54, 1.807) is 10.9 Å². The SMILES string of the molecule is CCn1ncc(Br)c1C(NN)c1cc(F)ccc1N. The van der Waals surface area contributed by atoms with Crippen molar-refractivity contribution in [2.45, 2.75) is 19.5 Å². The second-order valence-corrected chi connectivity index (χ2v) is 4.92. The van der Waals surface area contributed by atoms with Gasteiger partial charge in [0.1, 0.15) is 5.82 Å². The van der Waals surface area contributed by atoms with E-state index in [1.807, 2.05) is 6.92 Å². The van der Waals surface area contributed by atoms with Crippen LogP contribution in [0.1, 0.15) is 24.2 Å². The lowest BCUT2D eigenvalue weighted by Gasteiger charge is -2.20. The molecule has 19 heavy (non-hydrogen) atoms. The van der Waals surface area contributed by atoms with E-state index in [2.05, 4.69) is 26.5 Å². The molecule has 2 rings (SSSR count). The maximum absolute atomic E-state index is 13.4. The fourth-order valence-electron chi connectivity index (χ4n) is 2.02. The summed E-state index contributed by atoms with van der Waals surface area (Å²) in [6.07, 6.45) is 1.68. The molecule has 1 aromatic carbocycles. The Balaban J connectivity index is 2.56. The average Bonchev–Trinajstić information content (AvgIpc) is 2.76. The number of hydrazine groups is 1. The first-order valence-electron chi connectivity index (χ1n) is 5.80. The van der Waals surface area contributed by atoms with Gasteiger partial charge in [0.2, 0.25) is 0 Å². The first kappa shape index (κ1) is 14.0. The predicted molar refractivity (Wildman–Crippen MR) is 75.6 cm³/mol. The van der Waals surface area contributed by atoms with Crippen LogP contribution in [0, 0.1) is 5.82 Å². The van der Waals surface area contributed by atoms with Gasteiger partial charge in [-0.15, -0.1) is 0 Å². The second kappa shape index (κ2) is 5.68. The largest absolute Gasteiger partial charge is 0.398 e. The highest BCUT2D eigenvalue weighted by molar-refractivity contribution is 9.10. The van der Waals surface area contributed by atoms with Crippen molar-refractivity contribution in [3.63, 3.8) is 0 Å². The smallest absolute Gasteiger partial charge is 0.123 e. The number of nitrogens with two attached hydrogens (primary N) is 2. The molecule has 1 atom stereocenters. The molecule has 1 unspecified atom stereocenters. The molecule has 0 saturated heterocycles. The molecule has 0 saturated carbocycles. The summed E-state index contributed by atoms with van der Waals surface area (Å²) >= 11 is 3.43. The Bertz CT molecular complexity index is 583. The number of hydrogen-bond acceptors (Lipinski definition) is 4. The van der Waals surface area contributed by atoms with Crippen LogP contribution in [0.3, 0.4) is 0 Å². The molecule has 5 nitrogen and oxygen atoms in total. The molecule has 5 N–H and O–H groups in total. The van der Waals surface area contributed by atoms with Crippen molar-refractivity contribution in [1.29, 1.82) is 0 Å². The molecule has 0 radical (unpaired) electrons. The molecule has 102 valence electrons. The van der Waals surface area contributed by atoms with Crippen LogP contribution in [0.15, 0.2) is 28.9 Å². The van der Waals surface area contributed by atoms with Crippen molar-refractivity contribution in [3.05, 3.63) is 45.9 Å². The van der Waals surface area contributed by atoms with E-state index in [9.17, 15) is 4.39 Å². The lowest BCUT2D eigenvalue weighted by molar-refractivity contribution is 0.539. The number of nitrogens with one attached hydrogen (secondary N) is 1. The van der Waals surface area contributed by atoms with Gasteiger partial charge in [0.15, 0.2) is 0 Å². The number of rotatable bonds is 4. The van der Waals surface area contributed by atoms with E-state index >= 15 is 0 Å². The number of hydrogen-bond donors (Lipinski definition) is 3. The summed E-state index contributed by atoms with van der Waals surface area (Å²) in [7, 11) is 0. The molecule has 0 aliphatic carbocycles. The minimum Gasteiger partial charge on any atom is -0.398 e. The van der Waals surface area contributed by atoms with Crippen molar-refractivity contribution in [1.82, 2.24) is 15.2 Å². The molecule has 7 heteroatoms. The average molecular weight is 328 g/mol. The summed E-state index contributed by atoms with van der Waals surface area (Å²) < 4.78 is 16.0. The first-order chi connectivity index (χ1) is 9.08. The van der Waals surface area contributed by atoms with E-state index < -0.39 is 6.04 Å². The number of anilines is 1. The third kappa shape index (κ3) is 2.63. The zero-order valence-corrected chi connectivity index (χ0v) is 12.0. The third-order valence-corrected chi connectivity index (χ3v) is 3.54. The minimum atomic E-state index is -0.437. The lowest BCUT2D eigenvalue weighted by Crippen LogP contribution is -2.31. The Kier molecular flexibility index (Phi) is 4.18. The second-order valence-electron chi connectivity index (χ2n) is 4.07. The normalized spacial score (nSPS) is 12.6. The molecule has 1 aromatic heterocycles. The van der Waals surface area contributed by atoms with Gasteiger partial charge >= 0.3 is 0 Å². The fourth-order valence-corrected chi connectivity index (χ4v) is 2.55. The van der Waals surface area contributed by atoms with Crippen molar-refractivity contribution in [2.75, 3.05) is 5.73 Å². The zero-order chi connectivity index (χ0) is 14.0. The summed E-state index contributed by atoms with van der Waals surface area (Å²) in [5, 5.41) is 4.22. The van der Waals surface area contributed by atoms with E-state index in [1.165, 1.54) is 18.2 Å². The van der Waals surface area contributed by atoms with E-state index in [-0.39, 0.29) is 5.82 Å². The van der Waals surface area contributed by atoms with Gasteiger partial charge < -0.3 is 5.73 Å². The molecule has 0 aliphatic heterocycles. The number of nitrogens with zero attached hydrogens (tertiary/aromatic N) is 2. The van der Waals surface area contributed by atoms with E-state index in [0.29, 0.717) is 17.8 Å². The van der Waals surface area contributed by atoms with Gasteiger partial charge in [-0.1, -0.05) is 0 Å². The highest BCUT2D eigenvalue weighted by Gasteiger charge is 2.22. The van der Waals surface area contributed by atoms with Gasteiger partial charge in [0.05, 0.1) is 22.4 Å². The summed E-state index contributed by atoms with van der Waals surface area (Å²) in [5.74, 6) is 5.26. The van der Waals surface area contributed by atoms with Gasteiger partial charge in [0.25, 0.3) is 0 Å². The maximum Gasteiger partial charge on any atom is 0.123 e. The van der Waals surface area contributed by atoms with Crippen LogP contribution < -0.4 is 17.0 Å². The Labute approximate surface area is 118 Å². The van der Waals surface area contributed by atoms with Crippen LogP contribution in [0.4, 0.5) is 10.1 Å². The van der Waals surface area contributed by atoms with Crippen LogP contribution in [-0.4, -0.2) is 9.78 Å². The Morgan fingerprint density at radius 3 is 2.89 bits per heavy atom. The highest BCUT2D eigenvalue weighted by atomic mass is 79.9. The molecule has 0 aliphatic rings. The predicted octanol–water partition coefficient (Wildman–Crippen LogP) is 1.94. The van der Waals surface area contributed by atoms with Crippen molar-refractivity contribution < 1.29 is 4.39 Å². The summed E-state index contributed by atoms with van der Waals surface area (Å²) in [6, 6.07) is 3.78. The number of aromatic nitrogens is 2. The molecule has 0 bridgehead atoms. The lowest BCUT2D eigenvalue weighted by atomic mass is 10.0. The maximum atomic E-state index is 13.4. The van der Waals surface area contributed by atoms with Crippen molar-refractivity contribution >= 4 is 21.6 Å². The minimum absolute atomic E-state index is 0.358. The monoisotopic (exact) mass is 327 g/mol. The molecule has 0 spiro atoms. The van der Waals surface area contributed by atoms with E-state index in [4.69, 9.17) is 11.6 Å². The Morgan fingerprint density at radius 2 is 2.26 bits per heavy atom. The molecule has 2 aromatic rings. The van der Waals surface area contributed by atoms with Crippen molar-refractivity contribution in [3.8, 4) is 0 Å². The Hall–Kier alpha value is -1.44. The van der Waals surface area contributed by atoms with Crippen LogP contribution in [-0.2, 0) is 6.54 Å². The third-order valence-electron chi connectivity index (χ3n) is 2.93. The molecular weight excluding hydrogens is 313 g/mol. The van der Waals surface area contributed by atoms with Gasteiger partial charge in [-0.2, -0.15) is 5.10 Å². The first-order valence-corrected chi connectivity index (χ1v) is 6.60. The topological polar surface area (TPSA) is 81.9 Å². The zero-order valence-electron chi connectivity index (χ0n) is 10.4. The van der Waals surface area contributed by atoms with Crippen molar-refractivity contribution in [2.24, 2.45) is 5.84 Å². The quantitative estimate of drug-likeness (QED) is 0.455. The van der Waals surface area contributed by atoms with Crippen LogP contribution >= 0.6 is 15.9 Å². The number of benzene rings is 1. The number of halogens is 2. The molecule has 0 fully saturated rings. The van der Waals surface area contributed by atoms with Gasteiger partial charge in [-0.25, -0.2) is 9.82 Å². The molecular formula is C12H15BrFN5. The molecule has 0 amide bonds. The van der Waals surface area contributed by atoms with E-state index in [0.717, 1.165) is 10.2 Å². The summed E-state index contributed by atoms with van der Waals surface area (Å²) in [4.78, 5) is 0. The number of aryl methyl sites for hydroxylation is 1. The van der Waals surface area contributed by atoms with Gasteiger partial charge in [-0.3, -0.25) is 10.5 Å². The van der Waals surface area contributed by atoms with Gasteiger partial charge in [-0.05, 0) is 41.1 Å². The van der Waals surface area contributed by atoms with Crippen LogP contribution in [0.25, 0.3) is 0 Å². The number of nitrogen functional groups attached to an aromatic ring is 1. The summed E-state index contributed by atoms with van der Waals surface area (Å²) in [5.41, 5.74) is 10.4.